The molecule has 112 valence electrons. The molecule has 0 bridgehead atoms. The van der Waals surface area contributed by atoms with Gasteiger partial charge < -0.3 is 10.1 Å². The summed E-state index contributed by atoms with van der Waals surface area (Å²) in [5.41, 5.74) is 1.49. The number of ether oxygens (including phenoxy) is 1. The van der Waals surface area contributed by atoms with Gasteiger partial charge in [-0.2, -0.15) is 5.11 Å². The first-order valence-corrected chi connectivity index (χ1v) is 6.67. The molecule has 1 unspecified atom stereocenters. The predicted molar refractivity (Wildman–Crippen MR) is 77.5 cm³/mol. The van der Waals surface area contributed by atoms with Gasteiger partial charge in [-0.3, -0.25) is 15.0 Å². The summed E-state index contributed by atoms with van der Waals surface area (Å²) in [7, 11) is 1.48. The Morgan fingerprint density at radius 3 is 2.81 bits per heavy atom. The summed E-state index contributed by atoms with van der Waals surface area (Å²) >= 11 is 5.92. The number of hydrogen-bond acceptors (Lipinski definition) is 6. The second-order valence-corrected chi connectivity index (χ2v) is 5.02. The number of anilines is 1. The smallest absolute Gasteiger partial charge is 0.259 e. The third-order valence-electron chi connectivity index (χ3n) is 3.30. The average molecular weight is 311 g/mol. The van der Waals surface area contributed by atoms with E-state index >= 15 is 0 Å². The van der Waals surface area contributed by atoms with E-state index in [2.05, 4.69) is 21.1 Å². The zero-order valence-electron chi connectivity index (χ0n) is 11.6. The first-order valence-electron chi connectivity index (χ1n) is 6.29. The molecule has 1 atom stereocenters. The van der Waals surface area contributed by atoms with E-state index in [0.29, 0.717) is 23.0 Å². The molecule has 21 heavy (non-hydrogen) atoms. The second kappa shape index (κ2) is 6.09. The van der Waals surface area contributed by atoms with Gasteiger partial charge in [0.15, 0.2) is 11.3 Å². The molecule has 8 heteroatoms. The summed E-state index contributed by atoms with van der Waals surface area (Å²) < 4.78 is 5.16. The lowest BCUT2D eigenvalue weighted by Gasteiger charge is -2.30. The van der Waals surface area contributed by atoms with Crippen molar-refractivity contribution in [2.24, 2.45) is 10.3 Å². The van der Waals surface area contributed by atoms with E-state index in [-0.39, 0.29) is 12.2 Å². The Bertz CT molecular complexity index is 605. The molecule has 0 saturated heterocycles. The molecule has 0 spiro atoms. The highest BCUT2D eigenvalue weighted by Crippen LogP contribution is 2.29. The van der Waals surface area contributed by atoms with E-state index in [4.69, 9.17) is 16.3 Å². The number of carbonyl (C=O) groups excluding carboxylic acids is 2. The first kappa shape index (κ1) is 15.2. The van der Waals surface area contributed by atoms with Crippen molar-refractivity contribution in [3.63, 3.8) is 0 Å². The van der Waals surface area contributed by atoms with Gasteiger partial charge in [-0.1, -0.05) is 16.8 Å². The zero-order chi connectivity index (χ0) is 15.5. The largest absolute Gasteiger partial charge is 0.495 e. The van der Waals surface area contributed by atoms with E-state index in [1.54, 1.807) is 18.2 Å². The van der Waals surface area contributed by atoms with Crippen molar-refractivity contribution in [2.45, 2.75) is 18.9 Å². The lowest BCUT2D eigenvalue weighted by Crippen LogP contribution is -2.59. The Balaban J connectivity index is 2.30. The van der Waals surface area contributed by atoms with Crippen LogP contribution in [0.3, 0.4) is 0 Å². The number of benzene rings is 1. The van der Waals surface area contributed by atoms with Gasteiger partial charge in [-0.15, -0.1) is 0 Å². The maximum atomic E-state index is 12.5. The summed E-state index contributed by atoms with van der Waals surface area (Å²) in [5.74, 6) is -0.405. The topological polar surface area (TPSA) is 92.1 Å². The molecule has 0 radical (unpaired) electrons. The minimum absolute atomic E-state index is 0.237. The van der Waals surface area contributed by atoms with Crippen LogP contribution in [0.1, 0.15) is 13.3 Å². The van der Waals surface area contributed by atoms with Gasteiger partial charge in [0.05, 0.1) is 19.3 Å². The van der Waals surface area contributed by atoms with Crippen molar-refractivity contribution in [3.05, 3.63) is 23.2 Å². The number of amides is 1. The van der Waals surface area contributed by atoms with Crippen LogP contribution >= 0.6 is 11.6 Å². The van der Waals surface area contributed by atoms with Crippen molar-refractivity contribution in [1.82, 2.24) is 5.43 Å². The predicted octanol–water partition coefficient (Wildman–Crippen LogP) is 1.98. The van der Waals surface area contributed by atoms with Gasteiger partial charge in [-0.25, -0.2) is 0 Å². The Kier molecular flexibility index (Phi) is 4.42. The number of nitrogens with one attached hydrogen (secondary N) is 2. The Hall–Kier alpha value is -2.15. The molecule has 0 aliphatic carbocycles. The number of hydrogen-bond donors (Lipinski definition) is 2. The summed E-state index contributed by atoms with van der Waals surface area (Å²) in [6, 6.07) is 4.83. The molecule has 2 N–H and O–H groups in total. The molecule has 0 fully saturated rings. The molecule has 1 aliphatic rings. The highest BCUT2D eigenvalue weighted by atomic mass is 35.5. The molecule has 1 heterocycles. The number of methoxy groups -OCH3 is 1. The number of carbonyl (C=O) groups is 2. The maximum Gasteiger partial charge on any atom is 0.259 e. The van der Waals surface area contributed by atoms with Gasteiger partial charge in [0.1, 0.15) is 5.75 Å². The van der Waals surface area contributed by atoms with E-state index in [0.717, 1.165) is 0 Å². The second-order valence-electron chi connectivity index (χ2n) is 4.59. The minimum Gasteiger partial charge on any atom is -0.495 e. The molecule has 1 aliphatic heterocycles. The Morgan fingerprint density at radius 2 is 2.24 bits per heavy atom. The van der Waals surface area contributed by atoms with Gasteiger partial charge >= 0.3 is 0 Å². The number of nitrogens with zero attached hydrogens (tertiary/aromatic N) is 2. The van der Waals surface area contributed by atoms with Crippen LogP contribution in [0, 0.1) is 0 Å². The summed E-state index contributed by atoms with van der Waals surface area (Å²) in [4.78, 5) is 24.4. The van der Waals surface area contributed by atoms with Crippen molar-refractivity contribution in [3.8, 4) is 5.75 Å². The molecule has 1 aromatic carbocycles. The molecule has 1 aromatic rings. The fourth-order valence-electron chi connectivity index (χ4n) is 2.03. The fourth-order valence-corrected chi connectivity index (χ4v) is 2.20. The van der Waals surface area contributed by atoms with Gasteiger partial charge in [0.2, 0.25) is 0 Å². The van der Waals surface area contributed by atoms with E-state index in [1.165, 1.54) is 14.0 Å². The van der Waals surface area contributed by atoms with E-state index < -0.39 is 11.4 Å². The highest BCUT2D eigenvalue weighted by molar-refractivity contribution is 6.31. The highest BCUT2D eigenvalue weighted by Gasteiger charge is 2.44. The Morgan fingerprint density at radius 1 is 1.48 bits per heavy atom. The van der Waals surface area contributed by atoms with Crippen molar-refractivity contribution < 1.29 is 14.3 Å². The lowest BCUT2D eigenvalue weighted by atomic mass is 9.90. The van der Waals surface area contributed by atoms with Crippen molar-refractivity contribution >= 4 is 29.0 Å². The zero-order valence-corrected chi connectivity index (χ0v) is 12.4. The van der Waals surface area contributed by atoms with Crippen LogP contribution in [0.15, 0.2) is 28.5 Å². The molecule has 2 rings (SSSR count). The average Bonchev–Trinajstić information content (AvgIpc) is 2.48. The van der Waals surface area contributed by atoms with Crippen LogP contribution in [0.25, 0.3) is 0 Å². The monoisotopic (exact) mass is 310 g/mol. The summed E-state index contributed by atoms with van der Waals surface area (Å²) in [5, 5.41) is 10.4. The van der Waals surface area contributed by atoms with Crippen LogP contribution < -0.4 is 15.5 Å². The molecular formula is C13H15ClN4O3. The number of ketones is 1. The quantitative estimate of drug-likeness (QED) is 0.832. The van der Waals surface area contributed by atoms with Crippen LogP contribution in [0.5, 0.6) is 5.75 Å². The summed E-state index contributed by atoms with van der Waals surface area (Å²) in [6.45, 7) is 1.63. The molecule has 0 saturated carbocycles. The maximum absolute atomic E-state index is 12.5. The van der Waals surface area contributed by atoms with Crippen LogP contribution in [0.4, 0.5) is 5.69 Å². The molecular weight excluding hydrogens is 296 g/mol. The normalized spacial score (nSPS) is 20.5. The van der Waals surface area contributed by atoms with Crippen LogP contribution in [-0.4, -0.2) is 30.9 Å². The minimum atomic E-state index is -1.42. The number of rotatable bonds is 4. The molecule has 1 amide bonds. The van der Waals surface area contributed by atoms with Gasteiger partial charge in [-0.05, 0) is 25.1 Å². The molecule has 0 aromatic heterocycles. The number of Topliss-reactive ketones (excluding diaryl/α,β-unsaturated/α-hetero) is 1. The van der Waals surface area contributed by atoms with Crippen molar-refractivity contribution in [2.75, 3.05) is 19.0 Å². The molecule has 7 nitrogen and oxygen atoms in total. The van der Waals surface area contributed by atoms with Crippen LogP contribution in [0.2, 0.25) is 5.02 Å². The lowest BCUT2D eigenvalue weighted by molar-refractivity contribution is -0.134. The van der Waals surface area contributed by atoms with Gasteiger partial charge in [0.25, 0.3) is 5.91 Å². The first-order chi connectivity index (χ1) is 9.99. The fraction of sp³-hybridized carbons (Fsp3) is 0.385. The SMILES string of the molecule is COc1ccc(Cl)cc1NC(=O)C1(C(C)=O)CCN=NN1. The number of halogens is 1. The standard InChI is InChI=1S/C13H15ClN4O3/c1-8(19)13(5-6-15-18-17-13)12(20)16-10-7-9(14)3-4-11(10)21-2/h3-4,7H,5-6H2,1-2H3,(H,15,17)(H,16,20). The Labute approximate surface area is 126 Å². The van der Waals surface area contributed by atoms with Crippen molar-refractivity contribution in [1.29, 1.82) is 0 Å². The third-order valence-corrected chi connectivity index (χ3v) is 3.53. The van der Waals surface area contributed by atoms with E-state index in [9.17, 15) is 9.59 Å². The van der Waals surface area contributed by atoms with Gasteiger partial charge in [0, 0.05) is 11.4 Å². The van der Waals surface area contributed by atoms with Crippen LogP contribution in [-0.2, 0) is 9.59 Å². The summed E-state index contributed by atoms with van der Waals surface area (Å²) in [6.07, 6.45) is 0.237. The van der Waals surface area contributed by atoms with E-state index in [1.807, 2.05) is 0 Å². The third kappa shape index (κ3) is 2.97.